The van der Waals surface area contributed by atoms with Gasteiger partial charge in [0.05, 0.1) is 12.1 Å². The Balaban J connectivity index is 0.000000320. The van der Waals surface area contributed by atoms with Crippen LogP contribution in [0.5, 0.6) is 0 Å². The molecule has 4 saturated carbocycles. The highest BCUT2D eigenvalue weighted by Crippen LogP contribution is 2.65. The van der Waals surface area contributed by atoms with Gasteiger partial charge in [-0.25, -0.2) is 0 Å². The molecule has 4 amide bonds. The first-order valence-electron chi connectivity index (χ1n) is 17.4. The molecule has 4 aliphatic carbocycles. The molecular formula is C36H62N4O7. The van der Waals surface area contributed by atoms with Crippen LogP contribution in [0.1, 0.15) is 109 Å². The van der Waals surface area contributed by atoms with Gasteiger partial charge in [-0.1, -0.05) is 41.5 Å². The number of rotatable bonds is 10. The van der Waals surface area contributed by atoms with Gasteiger partial charge in [0, 0.05) is 50.9 Å². The Morgan fingerprint density at radius 3 is 1.06 bits per heavy atom. The van der Waals surface area contributed by atoms with Gasteiger partial charge >= 0.3 is 0 Å². The molecule has 4 fully saturated rings. The van der Waals surface area contributed by atoms with Gasteiger partial charge in [0.1, 0.15) is 13.1 Å². The SMILES string of the molecule is CCN(CC)C(=O)CN(C(C)=O)C1C(=O)C2(C)CCC1C2(C)C.CCN(CC)C(=O)CN(C(C)=O)C1C(=O)C2(C)CCC1C2(C)C.O. The van der Waals surface area contributed by atoms with Crippen molar-refractivity contribution >= 4 is 35.2 Å². The highest BCUT2D eigenvalue weighted by Gasteiger charge is 2.69. The molecule has 4 bridgehead atoms. The molecule has 0 spiro atoms. The molecule has 0 aromatic heterocycles. The number of hydrogen-bond acceptors (Lipinski definition) is 6. The van der Waals surface area contributed by atoms with Crippen LogP contribution in [0.2, 0.25) is 0 Å². The lowest BCUT2D eigenvalue weighted by atomic mass is 9.70. The predicted octanol–water partition coefficient (Wildman–Crippen LogP) is 3.37. The Kier molecular flexibility index (Phi) is 12.3. The number of likely N-dealkylation sites (N-methyl/N-ethyl adjacent to an activating group) is 2. The van der Waals surface area contributed by atoms with Crippen LogP contribution in [-0.2, 0) is 28.8 Å². The van der Waals surface area contributed by atoms with Crippen molar-refractivity contribution in [2.24, 2.45) is 33.5 Å². The lowest BCUT2D eigenvalue weighted by Gasteiger charge is -2.35. The van der Waals surface area contributed by atoms with Crippen molar-refractivity contribution in [1.29, 1.82) is 0 Å². The fourth-order valence-electron chi connectivity index (χ4n) is 9.25. The summed E-state index contributed by atoms with van der Waals surface area (Å²) in [7, 11) is 0. The lowest BCUT2D eigenvalue weighted by Crippen LogP contribution is -2.52. The summed E-state index contributed by atoms with van der Waals surface area (Å²) in [5.41, 5.74) is -1.01. The number of Topliss-reactive ketones (excluding diaryl/α,β-unsaturated/α-hetero) is 2. The van der Waals surface area contributed by atoms with Crippen molar-refractivity contribution in [3.8, 4) is 0 Å². The number of carbonyl (C=O) groups excluding carboxylic acids is 6. The quantitative estimate of drug-likeness (QED) is 0.351. The minimum Gasteiger partial charge on any atom is -0.412 e. The van der Waals surface area contributed by atoms with Crippen molar-refractivity contribution in [1.82, 2.24) is 19.6 Å². The number of nitrogens with zero attached hydrogens (tertiary/aromatic N) is 4. The third-order valence-electron chi connectivity index (χ3n) is 13.3. The highest BCUT2D eigenvalue weighted by atomic mass is 16.2. The fourth-order valence-corrected chi connectivity index (χ4v) is 9.25. The maximum atomic E-state index is 13.0. The largest absolute Gasteiger partial charge is 0.412 e. The van der Waals surface area contributed by atoms with Crippen molar-refractivity contribution < 1.29 is 34.2 Å². The molecule has 4 aliphatic rings. The van der Waals surface area contributed by atoms with E-state index >= 15 is 0 Å². The zero-order chi connectivity index (χ0) is 35.2. The van der Waals surface area contributed by atoms with Crippen LogP contribution in [0.25, 0.3) is 0 Å². The van der Waals surface area contributed by atoms with Gasteiger partial charge in [-0.3, -0.25) is 28.8 Å². The van der Waals surface area contributed by atoms with E-state index in [9.17, 15) is 28.8 Å². The second kappa shape index (κ2) is 14.3. The van der Waals surface area contributed by atoms with E-state index in [0.29, 0.717) is 26.2 Å². The van der Waals surface area contributed by atoms with E-state index in [-0.39, 0.29) is 87.3 Å². The van der Waals surface area contributed by atoms with E-state index in [1.165, 1.54) is 23.6 Å². The van der Waals surface area contributed by atoms with Crippen LogP contribution >= 0.6 is 0 Å². The van der Waals surface area contributed by atoms with Crippen LogP contribution in [0, 0.1) is 33.5 Å². The Morgan fingerprint density at radius 2 is 0.872 bits per heavy atom. The first kappa shape index (κ1) is 40.4. The average Bonchev–Trinajstić information content (AvgIpc) is 3.47. The Labute approximate surface area is 282 Å². The molecule has 47 heavy (non-hydrogen) atoms. The van der Waals surface area contributed by atoms with E-state index in [1.807, 2.05) is 41.5 Å². The minimum atomic E-state index is -0.444. The second-order valence-electron chi connectivity index (χ2n) is 15.4. The summed E-state index contributed by atoms with van der Waals surface area (Å²) in [6.45, 7) is 25.7. The minimum absolute atomic E-state index is 0. The summed E-state index contributed by atoms with van der Waals surface area (Å²) in [4.78, 5) is 81.8. The summed E-state index contributed by atoms with van der Waals surface area (Å²) in [5.74, 6) is 0.0449. The Morgan fingerprint density at radius 1 is 0.596 bits per heavy atom. The predicted molar refractivity (Wildman–Crippen MR) is 181 cm³/mol. The monoisotopic (exact) mass is 662 g/mol. The number of ketones is 2. The number of hydrogen-bond donors (Lipinski definition) is 0. The van der Waals surface area contributed by atoms with Gasteiger partial charge in [-0.05, 0) is 76.0 Å². The van der Waals surface area contributed by atoms with E-state index < -0.39 is 12.1 Å². The summed E-state index contributed by atoms with van der Waals surface area (Å²) < 4.78 is 0. The molecule has 6 unspecified atom stereocenters. The molecule has 0 radical (unpaired) electrons. The van der Waals surface area contributed by atoms with E-state index in [1.54, 1.807) is 9.80 Å². The molecule has 4 rings (SSSR count). The number of fused-ring (bicyclic) bond motifs is 4. The van der Waals surface area contributed by atoms with E-state index in [4.69, 9.17) is 0 Å². The van der Waals surface area contributed by atoms with Crippen LogP contribution in [-0.4, -0.2) is 112 Å². The maximum Gasteiger partial charge on any atom is 0.242 e. The standard InChI is InChI=1S/2C18H30N2O3.H2O/c2*1-7-19(8-2)14(22)11-20(12(3)21)15-13-9-10-18(6,16(15)23)17(13,4)5;/h2*13,15H,7-11H2,1-6H3;1H2. The zero-order valence-electron chi connectivity index (χ0n) is 31.1. The maximum absolute atomic E-state index is 13.0. The fraction of sp³-hybridized carbons (Fsp3) is 0.833. The number of carbonyl (C=O) groups is 6. The van der Waals surface area contributed by atoms with Crippen molar-refractivity contribution in [3.63, 3.8) is 0 Å². The molecule has 2 N–H and O–H groups in total. The van der Waals surface area contributed by atoms with Gasteiger partial charge in [0.2, 0.25) is 23.6 Å². The summed E-state index contributed by atoms with van der Waals surface area (Å²) >= 11 is 0. The van der Waals surface area contributed by atoms with Crippen LogP contribution in [0.4, 0.5) is 0 Å². The first-order chi connectivity index (χ1) is 21.2. The molecule has 0 heterocycles. The third kappa shape index (κ3) is 6.37. The van der Waals surface area contributed by atoms with Gasteiger partial charge < -0.3 is 25.1 Å². The normalized spacial score (nSPS) is 30.6. The average molecular weight is 663 g/mol. The van der Waals surface area contributed by atoms with Crippen LogP contribution < -0.4 is 0 Å². The van der Waals surface area contributed by atoms with Gasteiger partial charge in [-0.15, -0.1) is 0 Å². The van der Waals surface area contributed by atoms with E-state index in [2.05, 4.69) is 27.7 Å². The molecular weight excluding hydrogens is 600 g/mol. The van der Waals surface area contributed by atoms with E-state index in [0.717, 1.165) is 25.7 Å². The summed E-state index contributed by atoms with van der Waals surface area (Å²) in [5, 5.41) is 0. The molecule has 0 saturated heterocycles. The molecule has 268 valence electrons. The molecule has 11 nitrogen and oxygen atoms in total. The van der Waals surface area contributed by atoms with Crippen molar-refractivity contribution in [3.05, 3.63) is 0 Å². The molecule has 11 heteroatoms. The Hall–Kier alpha value is -2.82. The van der Waals surface area contributed by atoms with Crippen molar-refractivity contribution in [2.75, 3.05) is 39.3 Å². The lowest BCUT2D eigenvalue weighted by molar-refractivity contribution is -0.147. The van der Waals surface area contributed by atoms with Gasteiger partial charge in [-0.2, -0.15) is 0 Å². The topological polar surface area (TPSA) is 147 Å². The molecule has 0 aromatic rings. The summed E-state index contributed by atoms with van der Waals surface area (Å²) in [6.07, 6.45) is 3.66. The Bertz CT molecular complexity index is 1150. The molecule has 6 atom stereocenters. The van der Waals surface area contributed by atoms with Crippen LogP contribution in [0.3, 0.4) is 0 Å². The van der Waals surface area contributed by atoms with Crippen molar-refractivity contribution in [2.45, 2.75) is 121 Å². The highest BCUT2D eigenvalue weighted by molar-refractivity contribution is 5.99. The molecule has 0 aromatic carbocycles. The first-order valence-corrected chi connectivity index (χ1v) is 17.4. The summed E-state index contributed by atoms with van der Waals surface area (Å²) in [6, 6.07) is -0.887. The smallest absolute Gasteiger partial charge is 0.242 e. The van der Waals surface area contributed by atoms with Crippen LogP contribution in [0.15, 0.2) is 0 Å². The van der Waals surface area contributed by atoms with Gasteiger partial charge in [0.15, 0.2) is 11.6 Å². The zero-order valence-corrected chi connectivity index (χ0v) is 31.1. The van der Waals surface area contributed by atoms with Gasteiger partial charge in [0.25, 0.3) is 0 Å². The molecule has 0 aliphatic heterocycles. The third-order valence-corrected chi connectivity index (χ3v) is 13.3. The second-order valence-corrected chi connectivity index (χ2v) is 15.4. The number of amides is 4.